The maximum Gasteiger partial charge on any atom is 0.161 e. The van der Waals surface area contributed by atoms with Gasteiger partial charge in [0.2, 0.25) is 0 Å². The van der Waals surface area contributed by atoms with Gasteiger partial charge in [0, 0.05) is 11.2 Å². The summed E-state index contributed by atoms with van der Waals surface area (Å²) >= 11 is 3.54. The van der Waals surface area contributed by atoms with Gasteiger partial charge in [0.15, 0.2) is 6.29 Å². The number of hydrogen-bond acceptors (Lipinski definition) is 5. The lowest BCUT2D eigenvalue weighted by atomic mass is 9.92. The predicted molar refractivity (Wildman–Crippen MR) is 134 cm³/mol. The van der Waals surface area contributed by atoms with Crippen LogP contribution < -0.4 is 0 Å². The minimum absolute atomic E-state index is 0.283. The van der Waals surface area contributed by atoms with E-state index in [9.17, 15) is 5.11 Å². The molecule has 0 aliphatic carbocycles. The van der Waals surface area contributed by atoms with Gasteiger partial charge in [-0.1, -0.05) is 107 Å². The molecule has 4 rings (SSSR count). The topological polar surface area (TPSA) is 57.2 Å². The molecule has 0 saturated carbocycles. The fraction of sp³-hybridized carbons (Fsp3) is 0.357. The highest BCUT2D eigenvalue weighted by molar-refractivity contribution is 9.09. The molecule has 1 aliphatic rings. The zero-order valence-electron chi connectivity index (χ0n) is 19.0. The normalized spacial score (nSPS) is 24.7. The minimum atomic E-state index is -0.984. The van der Waals surface area contributed by atoms with Crippen molar-refractivity contribution in [3.05, 3.63) is 108 Å². The van der Waals surface area contributed by atoms with E-state index in [4.69, 9.17) is 18.9 Å². The Morgan fingerprint density at radius 1 is 0.676 bits per heavy atom. The van der Waals surface area contributed by atoms with Gasteiger partial charge in [-0.15, -0.1) is 0 Å². The van der Waals surface area contributed by atoms with E-state index in [1.165, 1.54) is 0 Å². The summed E-state index contributed by atoms with van der Waals surface area (Å²) in [6.45, 7) is 1.58. The second-order valence-electron chi connectivity index (χ2n) is 8.41. The van der Waals surface area contributed by atoms with Crippen molar-refractivity contribution in [1.29, 1.82) is 0 Å². The first kappa shape index (κ1) is 25.0. The summed E-state index contributed by atoms with van der Waals surface area (Å²) < 4.78 is 24.8. The molecule has 6 heteroatoms. The molecule has 5 atom stereocenters. The van der Waals surface area contributed by atoms with E-state index in [0.717, 1.165) is 16.7 Å². The molecule has 5 nitrogen and oxygen atoms in total. The highest BCUT2D eigenvalue weighted by Crippen LogP contribution is 2.32. The number of benzene rings is 3. The van der Waals surface area contributed by atoms with E-state index in [-0.39, 0.29) is 18.6 Å². The molecule has 0 aromatic heterocycles. The summed E-state index contributed by atoms with van der Waals surface area (Å²) in [5.41, 5.74) is 3.21. The van der Waals surface area contributed by atoms with Gasteiger partial charge in [-0.3, -0.25) is 0 Å². The van der Waals surface area contributed by atoms with Crippen LogP contribution in [0.5, 0.6) is 0 Å². The first-order chi connectivity index (χ1) is 16.7. The fourth-order valence-electron chi connectivity index (χ4n) is 4.09. The molecule has 1 saturated heterocycles. The quantitative estimate of drug-likeness (QED) is 0.352. The Hall–Kier alpha value is -2.06. The number of aliphatic hydroxyl groups is 1. The van der Waals surface area contributed by atoms with Crippen LogP contribution in [0.15, 0.2) is 91.0 Å². The van der Waals surface area contributed by atoms with Gasteiger partial charge in [0.1, 0.15) is 12.2 Å². The molecule has 1 heterocycles. The van der Waals surface area contributed by atoms with E-state index < -0.39 is 18.5 Å². The second kappa shape index (κ2) is 13.1. The van der Waals surface area contributed by atoms with Crippen LogP contribution in [0.3, 0.4) is 0 Å². The molecule has 0 spiro atoms. The van der Waals surface area contributed by atoms with Crippen LogP contribution in [0.2, 0.25) is 0 Å². The number of halogens is 1. The Morgan fingerprint density at radius 2 is 1.15 bits per heavy atom. The van der Waals surface area contributed by atoms with Crippen molar-refractivity contribution < 1.29 is 24.1 Å². The van der Waals surface area contributed by atoms with E-state index in [1.807, 2.05) is 91.0 Å². The molecule has 3 aromatic carbocycles. The molecule has 34 heavy (non-hydrogen) atoms. The Morgan fingerprint density at radius 3 is 1.65 bits per heavy atom. The van der Waals surface area contributed by atoms with Crippen LogP contribution in [-0.2, 0) is 38.8 Å². The molecule has 180 valence electrons. The summed E-state index contributed by atoms with van der Waals surface area (Å²) in [5.74, 6) is -0.283. The molecule has 3 aromatic rings. The number of alkyl halides is 1. The summed E-state index contributed by atoms with van der Waals surface area (Å²) in [6, 6.07) is 30.0. The van der Waals surface area contributed by atoms with Crippen molar-refractivity contribution in [2.24, 2.45) is 5.92 Å². The van der Waals surface area contributed by atoms with Crippen molar-refractivity contribution in [1.82, 2.24) is 0 Å². The number of rotatable bonds is 11. The Kier molecular flexibility index (Phi) is 9.68. The molecule has 0 bridgehead atoms. The van der Waals surface area contributed by atoms with Crippen LogP contribution in [0.1, 0.15) is 16.7 Å². The molecule has 0 radical (unpaired) electrons. The van der Waals surface area contributed by atoms with Crippen molar-refractivity contribution in [2.45, 2.75) is 44.4 Å². The average molecular weight is 527 g/mol. The summed E-state index contributed by atoms with van der Waals surface area (Å²) in [4.78, 5) is 0. The largest absolute Gasteiger partial charge is 0.374 e. The first-order valence-corrected chi connectivity index (χ1v) is 12.7. The van der Waals surface area contributed by atoms with Crippen LogP contribution in [0, 0.1) is 5.92 Å². The highest BCUT2D eigenvalue weighted by Gasteiger charge is 2.46. The van der Waals surface area contributed by atoms with Gasteiger partial charge >= 0.3 is 0 Å². The lowest BCUT2D eigenvalue weighted by Crippen LogP contribution is -2.58. The second-order valence-corrected chi connectivity index (χ2v) is 9.05. The minimum Gasteiger partial charge on any atom is -0.374 e. The van der Waals surface area contributed by atoms with Gasteiger partial charge < -0.3 is 24.1 Å². The Labute approximate surface area is 209 Å². The van der Waals surface area contributed by atoms with Crippen molar-refractivity contribution >= 4 is 15.9 Å². The zero-order chi connectivity index (χ0) is 23.6. The van der Waals surface area contributed by atoms with Gasteiger partial charge in [0.05, 0.1) is 32.5 Å². The maximum atomic E-state index is 10.8. The molecule has 1 unspecified atom stereocenters. The summed E-state index contributed by atoms with van der Waals surface area (Å²) in [5, 5.41) is 11.3. The lowest BCUT2D eigenvalue weighted by molar-refractivity contribution is -0.288. The third-order valence-corrected chi connectivity index (χ3v) is 6.68. The zero-order valence-corrected chi connectivity index (χ0v) is 20.6. The standard InChI is InChI=1S/C28H31BrO5/c29-16-24-26(32-18-22-12-6-2-7-13-22)27(33-19-23-14-8-3-9-15-23)25(34-28(24)30)20-31-17-21-10-4-1-5-11-21/h1-15,24-28,30H,16-20H2/t24-,25+,26+,27+,28?/m0/s1. The smallest absolute Gasteiger partial charge is 0.161 e. The average Bonchev–Trinajstić information content (AvgIpc) is 2.88. The summed E-state index contributed by atoms with van der Waals surface area (Å²) in [7, 11) is 0. The van der Waals surface area contributed by atoms with E-state index in [2.05, 4.69) is 15.9 Å². The monoisotopic (exact) mass is 526 g/mol. The van der Waals surface area contributed by atoms with Crippen LogP contribution in [-0.4, -0.2) is 41.6 Å². The number of aliphatic hydroxyl groups excluding tert-OH is 1. The van der Waals surface area contributed by atoms with Crippen LogP contribution in [0.25, 0.3) is 0 Å². The van der Waals surface area contributed by atoms with Crippen LogP contribution in [0.4, 0.5) is 0 Å². The third kappa shape index (κ3) is 6.98. The first-order valence-electron chi connectivity index (χ1n) is 11.6. The van der Waals surface area contributed by atoms with E-state index >= 15 is 0 Å². The fourth-order valence-corrected chi connectivity index (χ4v) is 4.78. The van der Waals surface area contributed by atoms with Crippen molar-refractivity contribution in [2.75, 3.05) is 11.9 Å². The molecule has 1 N–H and O–H groups in total. The van der Waals surface area contributed by atoms with Gasteiger partial charge in [-0.2, -0.15) is 0 Å². The van der Waals surface area contributed by atoms with E-state index in [1.54, 1.807) is 0 Å². The molecule has 0 amide bonds. The Bertz CT molecular complexity index is 956. The molecule has 1 aliphatic heterocycles. The lowest BCUT2D eigenvalue weighted by Gasteiger charge is -2.44. The molecular weight excluding hydrogens is 496 g/mol. The highest BCUT2D eigenvalue weighted by atomic mass is 79.9. The van der Waals surface area contributed by atoms with Crippen molar-refractivity contribution in [3.63, 3.8) is 0 Å². The SMILES string of the molecule is OC1O[C@H](COCc2ccccc2)[C@@H](OCc2ccccc2)[C@H](OCc2ccccc2)[C@@H]1CBr. The summed E-state index contributed by atoms with van der Waals surface area (Å²) in [6.07, 6.45) is -2.25. The Balaban J connectivity index is 1.49. The maximum absolute atomic E-state index is 10.8. The van der Waals surface area contributed by atoms with Crippen LogP contribution >= 0.6 is 15.9 Å². The third-order valence-electron chi connectivity index (χ3n) is 5.94. The molecule has 1 fully saturated rings. The predicted octanol–water partition coefficient (Wildman–Crippen LogP) is 5.10. The molecular formula is C28H31BrO5. The van der Waals surface area contributed by atoms with Gasteiger partial charge in [-0.25, -0.2) is 0 Å². The van der Waals surface area contributed by atoms with Gasteiger partial charge in [-0.05, 0) is 16.7 Å². The number of hydrogen-bond donors (Lipinski definition) is 1. The van der Waals surface area contributed by atoms with Crippen molar-refractivity contribution in [3.8, 4) is 0 Å². The van der Waals surface area contributed by atoms with E-state index in [0.29, 0.717) is 25.2 Å². The van der Waals surface area contributed by atoms with Gasteiger partial charge in [0.25, 0.3) is 0 Å². The number of ether oxygens (including phenoxy) is 4.